The number of hydrogen-bond acceptors (Lipinski definition) is 6. The van der Waals surface area contributed by atoms with Crippen LogP contribution in [0.3, 0.4) is 0 Å². The van der Waals surface area contributed by atoms with E-state index in [4.69, 9.17) is 0 Å². The first kappa shape index (κ1) is 16.9. The molecule has 1 atom stereocenters. The van der Waals surface area contributed by atoms with Crippen molar-refractivity contribution in [3.8, 4) is 0 Å². The minimum absolute atomic E-state index is 0.464. The summed E-state index contributed by atoms with van der Waals surface area (Å²) in [4.78, 5) is 13.9. The number of benzene rings is 1. The lowest BCUT2D eigenvalue weighted by molar-refractivity contribution is 0.307. The first-order valence-corrected chi connectivity index (χ1v) is 10.9. The highest BCUT2D eigenvalue weighted by Gasteiger charge is 2.24. The van der Waals surface area contributed by atoms with Crippen molar-refractivity contribution in [2.45, 2.75) is 19.9 Å². The molecule has 5 rings (SSSR count). The Kier molecular flexibility index (Phi) is 4.19. The van der Waals surface area contributed by atoms with E-state index in [2.05, 4.69) is 70.4 Å². The molecule has 0 saturated carbocycles. The molecule has 0 bridgehead atoms. The summed E-state index contributed by atoms with van der Waals surface area (Å²) >= 11 is 3.45. The van der Waals surface area contributed by atoms with Gasteiger partial charge in [-0.2, -0.15) is 0 Å². The summed E-state index contributed by atoms with van der Waals surface area (Å²) < 4.78 is 1.21. The van der Waals surface area contributed by atoms with Gasteiger partial charge in [-0.25, -0.2) is 9.97 Å². The number of fused-ring (bicyclic) bond motifs is 2. The minimum Gasteiger partial charge on any atom is -0.355 e. The van der Waals surface area contributed by atoms with Crippen molar-refractivity contribution in [2.24, 2.45) is 0 Å². The summed E-state index contributed by atoms with van der Waals surface area (Å²) in [7, 11) is 0. The van der Waals surface area contributed by atoms with Gasteiger partial charge in [0, 0.05) is 34.7 Å². The monoisotopic (exact) mass is 392 g/mol. The number of nitrogens with one attached hydrogen (secondary N) is 1. The fourth-order valence-corrected chi connectivity index (χ4v) is 5.54. The molecule has 0 fully saturated rings. The molecule has 1 aliphatic rings. The molecular formula is C21H20N4S2. The minimum atomic E-state index is 0.464. The van der Waals surface area contributed by atoms with Gasteiger partial charge in [-0.3, -0.25) is 4.90 Å². The standard InChI is InChI=1S/C21H20N4S2/c1-3-25-9-7-15(13(25)2)20-11-16-17(6-8-22-21(16)27-20)24-14-4-5-19-18(10-14)23-12-26-19/h4-8,10-13H,3,9H2,1-2H3,(H,22,24)/t13-/m1/s1. The summed E-state index contributed by atoms with van der Waals surface area (Å²) in [5, 5.41) is 4.74. The van der Waals surface area contributed by atoms with Gasteiger partial charge >= 0.3 is 0 Å². The van der Waals surface area contributed by atoms with Gasteiger partial charge in [-0.1, -0.05) is 13.0 Å². The molecule has 0 aliphatic carbocycles. The Hall–Kier alpha value is -2.28. The van der Waals surface area contributed by atoms with E-state index in [0.717, 1.165) is 34.8 Å². The Bertz CT molecular complexity index is 1160. The van der Waals surface area contributed by atoms with E-state index in [0.29, 0.717) is 6.04 Å². The molecule has 6 heteroatoms. The zero-order valence-electron chi connectivity index (χ0n) is 15.3. The molecule has 4 heterocycles. The Labute approximate surface area is 166 Å². The maximum absolute atomic E-state index is 4.61. The zero-order chi connectivity index (χ0) is 18.4. The highest BCUT2D eigenvalue weighted by atomic mass is 32.1. The molecule has 1 aliphatic heterocycles. The van der Waals surface area contributed by atoms with Crippen molar-refractivity contribution in [1.82, 2.24) is 14.9 Å². The molecule has 0 spiro atoms. The van der Waals surface area contributed by atoms with Gasteiger partial charge in [0.1, 0.15) is 4.83 Å². The van der Waals surface area contributed by atoms with Crippen LogP contribution in [0, 0.1) is 0 Å². The summed E-state index contributed by atoms with van der Waals surface area (Å²) in [6.45, 7) is 6.63. The van der Waals surface area contributed by atoms with E-state index in [1.165, 1.54) is 20.5 Å². The van der Waals surface area contributed by atoms with Gasteiger partial charge in [0.2, 0.25) is 0 Å². The second-order valence-corrected chi connectivity index (χ2v) is 8.69. The molecule has 0 amide bonds. The molecular weight excluding hydrogens is 372 g/mol. The quantitative estimate of drug-likeness (QED) is 0.480. The van der Waals surface area contributed by atoms with Gasteiger partial charge in [-0.05, 0) is 49.4 Å². The van der Waals surface area contributed by atoms with Crippen molar-refractivity contribution < 1.29 is 0 Å². The molecule has 1 aromatic carbocycles. The molecule has 3 aromatic heterocycles. The summed E-state index contributed by atoms with van der Waals surface area (Å²) in [6.07, 6.45) is 4.25. The lowest BCUT2D eigenvalue weighted by Gasteiger charge is -2.21. The van der Waals surface area contributed by atoms with Crippen LogP contribution in [0.2, 0.25) is 0 Å². The van der Waals surface area contributed by atoms with Crippen LogP contribution < -0.4 is 5.32 Å². The van der Waals surface area contributed by atoms with E-state index in [1.807, 2.05) is 11.7 Å². The van der Waals surface area contributed by atoms with E-state index in [1.54, 1.807) is 22.7 Å². The molecule has 136 valence electrons. The molecule has 4 aromatic rings. The van der Waals surface area contributed by atoms with Crippen LogP contribution in [0.15, 0.2) is 48.1 Å². The predicted octanol–water partition coefficient (Wildman–Crippen LogP) is 5.76. The molecule has 1 N–H and O–H groups in total. The predicted molar refractivity (Wildman–Crippen MR) is 117 cm³/mol. The van der Waals surface area contributed by atoms with Gasteiger partial charge in [0.15, 0.2) is 0 Å². The van der Waals surface area contributed by atoms with E-state index < -0.39 is 0 Å². The lowest BCUT2D eigenvalue weighted by atomic mass is 10.1. The van der Waals surface area contributed by atoms with Crippen molar-refractivity contribution in [3.05, 3.63) is 53.0 Å². The van der Waals surface area contributed by atoms with E-state index in [-0.39, 0.29) is 0 Å². The first-order chi connectivity index (χ1) is 13.2. The van der Waals surface area contributed by atoms with E-state index >= 15 is 0 Å². The van der Waals surface area contributed by atoms with Crippen LogP contribution in [0.4, 0.5) is 11.4 Å². The number of likely N-dealkylation sites (N-methyl/N-ethyl adjacent to an activating group) is 1. The average Bonchev–Trinajstić information content (AvgIpc) is 3.39. The number of nitrogens with zero attached hydrogens (tertiary/aromatic N) is 3. The fraction of sp³-hybridized carbons (Fsp3) is 0.238. The average molecular weight is 393 g/mol. The maximum Gasteiger partial charge on any atom is 0.125 e. The lowest BCUT2D eigenvalue weighted by Crippen LogP contribution is -2.28. The number of pyridine rings is 1. The first-order valence-electron chi connectivity index (χ1n) is 9.16. The van der Waals surface area contributed by atoms with Gasteiger partial charge in [0.25, 0.3) is 0 Å². The molecule has 0 radical (unpaired) electrons. The summed E-state index contributed by atoms with van der Waals surface area (Å²) in [5.41, 5.74) is 6.50. The Morgan fingerprint density at radius 3 is 3.00 bits per heavy atom. The smallest absolute Gasteiger partial charge is 0.125 e. The number of thiazole rings is 1. The van der Waals surface area contributed by atoms with Crippen molar-refractivity contribution in [2.75, 3.05) is 18.4 Å². The maximum atomic E-state index is 4.61. The fourth-order valence-electron chi connectivity index (χ4n) is 3.73. The second-order valence-electron chi connectivity index (χ2n) is 6.77. The van der Waals surface area contributed by atoms with Crippen LogP contribution in [-0.4, -0.2) is 34.0 Å². The third-order valence-corrected chi connectivity index (χ3v) is 7.18. The second kappa shape index (κ2) is 6.71. The Balaban J connectivity index is 1.51. The van der Waals surface area contributed by atoms with Crippen LogP contribution in [0.1, 0.15) is 18.7 Å². The zero-order valence-corrected chi connectivity index (χ0v) is 16.9. The summed E-state index contributed by atoms with van der Waals surface area (Å²) in [6, 6.07) is 11.1. The molecule has 0 unspecified atom stereocenters. The van der Waals surface area contributed by atoms with Crippen molar-refractivity contribution >= 4 is 60.1 Å². The van der Waals surface area contributed by atoms with E-state index in [9.17, 15) is 0 Å². The topological polar surface area (TPSA) is 41.0 Å². The SMILES string of the molecule is CCN1CC=C(c2cc3c(Nc4ccc5scnc5c4)ccnc3s2)[C@H]1C. The number of rotatable bonds is 4. The third kappa shape index (κ3) is 2.94. The van der Waals surface area contributed by atoms with Gasteiger partial charge in [-0.15, -0.1) is 22.7 Å². The Morgan fingerprint density at radius 1 is 1.22 bits per heavy atom. The molecule has 0 saturated heterocycles. The number of anilines is 2. The van der Waals surface area contributed by atoms with Gasteiger partial charge < -0.3 is 5.32 Å². The van der Waals surface area contributed by atoms with Crippen LogP contribution >= 0.6 is 22.7 Å². The molecule has 27 heavy (non-hydrogen) atoms. The number of aromatic nitrogens is 2. The molecule has 4 nitrogen and oxygen atoms in total. The third-order valence-electron chi connectivity index (χ3n) is 5.28. The Morgan fingerprint density at radius 2 is 2.15 bits per heavy atom. The van der Waals surface area contributed by atoms with Crippen molar-refractivity contribution in [3.63, 3.8) is 0 Å². The highest BCUT2D eigenvalue weighted by Crippen LogP contribution is 2.38. The van der Waals surface area contributed by atoms with Crippen LogP contribution in [-0.2, 0) is 0 Å². The normalized spacial score (nSPS) is 17.7. The largest absolute Gasteiger partial charge is 0.355 e. The highest BCUT2D eigenvalue weighted by molar-refractivity contribution is 7.19. The number of thiophene rings is 1. The van der Waals surface area contributed by atoms with Crippen molar-refractivity contribution in [1.29, 1.82) is 0 Å². The van der Waals surface area contributed by atoms with Crippen LogP contribution in [0.5, 0.6) is 0 Å². The summed E-state index contributed by atoms with van der Waals surface area (Å²) in [5.74, 6) is 0. The van der Waals surface area contributed by atoms with Gasteiger partial charge in [0.05, 0.1) is 21.4 Å². The number of hydrogen-bond donors (Lipinski definition) is 1. The van der Waals surface area contributed by atoms with Crippen LogP contribution in [0.25, 0.3) is 26.0 Å².